The van der Waals surface area contributed by atoms with Gasteiger partial charge in [-0.25, -0.2) is 4.98 Å². The third-order valence-corrected chi connectivity index (χ3v) is 5.50. The fourth-order valence-electron chi connectivity index (χ4n) is 2.96. The Balaban J connectivity index is 2.28. The van der Waals surface area contributed by atoms with Crippen molar-refractivity contribution in [3.63, 3.8) is 0 Å². The third kappa shape index (κ3) is 3.74. The van der Waals surface area contributed by atoms with E-state index in [0.717, 1.165) is 11.3 Å². The van der Waals surface area contributed by atoms with E-state index in [9.17, 15) is 9.59 Å². The Bertz CT molecular complexity index is 1090. The molecule has 5 nitrogen and oxygen atoms in total. The number of rotatable bonds is 5. The number of fused-ring (bicyclic) bond motifs is 1. The zero-order chi connectivity index (χ0) is 20.6. The van der Waals surface area contributed by atoms with E-state index in [1.807, 2.05) is 33.1 Å². The quantitative estimate of drug-likeness (QED) is 0.420. The molecule has 0 aliphatic carbocycles. The summed E-state index contributed by atoms with van der Waals surface area (Å²) in [4.78, 5) is 30.0. The highest BCUT2D eigenvalue weighted by Gasteiger charge is 2.23. The average molecular weight is 400 g/mol. The Hall–Kier alpha value is -2.47. The van der Waals surface area contributed by atoms with Crippen LogP contribution in [0.3, 0.4) is 0 Å². The molecular weight excluding hydrogens is 374 g/mol. The van der Waals surface area contributed by atoms with Crippen molar-refractivity contribution in [2.75, 3.05) is 0 Å². The molecule has 0 unspecified atom stereocenters. The molecule has 0 spiro atoms. The molecule has 0 fully saturated rings. The molecule has 1 aromatic carbocycles. The number of hydrogen-bond acceptors (Lipinski definition) is 6. The van der Waals surface area contributed by atoms with Crippen molar-refractivity contribution < 1.29 is 13.9 Å². The van der Waals surface area contributed by atoms with Crippen molar-refractivity contribution in [1.29, 1.82) is 0 Å². The van der Waals surface area contributed by atoms with E-state index in [-0.39, 0.29) is 23.2 Å². The Morgan fingerprint density at radius 2 is 1.96 bits per heavy atom. The summed E-state index contributed by atoms with van der Waals surface area (Å²) in [6, 6.07) is 3.44. The molecule has 0 amide bonds. The summed E-state index contributed by atoms with van der Waals surface area (Å²) < 4.78 is 11.7. The molecular formula is C22H25NO4S. The van der Waals surface area contributed by atoms with Crippen molar-refractivity contribution in [1.82, 2.24) is 4.98 Å². The number of aromatic nitrogens is 1. The van der Waals surface area contributed by atoms with Crippen LogP contribution in [0.25, 0.3) is 21.5 Å². The number of hydrogen-bond donors (Lipinski definition) is 0. The van der Waals surface area contributed by atoms with Crippen molar-refractivity contribution in [3.05, 3.63) is 44.8 Å². The van der Waals surface area contributed by atoms with Gasteiger partial charge in [0.2, 0.25) is 5.43 Å². The van der Waals surface area contributed by atoms with Gasteiger partial charge in [-0.1, -0.05) is 34.6 Å². The van der Waals surface area contributed by atoms with E-state index in [1.165, 1.54) is 11.3 Å². The second-order valence-corrected chi connectivity index (χ2v) is 8.36. The number of benzene rings is 1. The third-order valence-electron chi connectivity index (χ3n) is 4.52. The van der Waals surface area contributed by atoms with E-state index < -0.39 is 0 Å². The average Bonchev–Trinajstić information content (AvgIpc) is 3.06. The van der Waals surface area contributed by atoms with Crippen LogP contribution in [0.4, 0.5) is 0 Å². The molecule has 28 heavy (non-hydrogen) atoms. The maximum Gasteiger partial charge on any atom is 0.313 e. The fraction of sp³-hybridized carbons (Fsp3) is 0.409. The predicted molar refractivity (Wildman–Crippen MR) is 112 cm³/mol. The first-order valence-electron chi connectivity index (χ1n) is 9.50. The Kier molecular flexibility index (Phi) is 5.70. The first-order valence-corrected chi connectivity index (χ1v) is 10.4. The first kappa shape index (κ1) is 20.3. The summed E-state index contributed by atoms with van der Waals surface area (Å²) in [5.41, 5.74) is 2.52. The van der Waals surface area contributed by atoms with Gasteiger partial charge in [-0.15, -0.1) is 11.3 Å². The van der Waals surface area contributed by atoms with Crippen molar-refractivity contribution in [2.24, 2.45) is 5.92 Å². The highest BCUT2D eigenvalue weighted by Crippen LogP contribution is 2.34. The van der Waals surface area contributed by atoms with Crippen LogP contribution in [0.2, 0.25) is 0 Å². The van der Waals surface area contributed by atoms with Gasteiger partial charge in [0, 0.05) is 23.1 Å². The van der Waals surface area contributed by atoms with Gasteiger partial charge in [0.25, 0.3) is 0 Å². The maximum atomic E-state index is 13.4. The molecule has 0 N–H and O–H groups in total. The number of carbonyl (C=O) groups excluding carboxylic acids is 1. The molecule has 0 saturated carbocycles. The summed E-state index contributed by atoms with van der Waals surface area (Å²) in [7, 11) is 0. The van der Waals surface area contributed by atoms with E-state index in [1.54, 1.807) is 26.0 Å². The standard InChI is InChI=1S/C22H25NO4S/c1-7-14-8-15-17(9-16(14)27-22(25)12(4)5)26-20(11(2)3)18(19(15)24)21-23-13(6)10-28-21/h8-12H,7H2,1-6H3. The summed E-state index contributed by atoms with van der Waals surface area (Å²) in [6.07, 6.45) is 0.633. The molecule has 148 valence electrons. The minimum Gasteiger partial charge on any atom is -0.460 e. The van der Waals surface area contributed by atoms with Crippen LogP contribution in [0.1, 0.15) is 57.6 Å². The van der Waals surface area contributed by atoms with E-state index in [2.05, 4.69) is 4.98 Å². The van der Waals surface area contributed by atoms with Crippen LogP contribution in [0.5, 0.6) is 5.75 Å². The number of thiazole rings is 1. The summed E-state index contributed by atoms with van der Waals surface area (Å²) >= 11 is 1.44. The molecule has 0 aliphatic heterocycles. The van der Waals surface area contributed by atoms with Gasteiger partial charge in [0.15, 0.2) is 0 Å². The molecule has 0 radical (unpaired) electrons. The zero-order valence-electron chi connectivity index (χ0n) is 17.1. The SMILES string of the molecule is CCc1cc2c(=O)c(-c3nc(C)cs3)c(C(C)C)oc2cc1OC(=O)C(C)C. The number of esters is 1. The number of carbonyl (C=O) groups is 1. The van der Waals surface area contributed by atoms with Crippen LogP contribution >= 0.6 is 11.3 Å². The molecule has 2 aromatic heterocycles. The molecule has 6 heteroatoms. The van der Waals surface area contributed by atoms with Crippen molar-refractivity contribution in [3.8, 4) is 16.3 Å². The fourth-order valence-corrected chi connectivity index (χ4v) is 3.80. The Morgan fingerprint density at radius 1 is 1.25 bits per heavy atom. The lowest BCUT2D eigenvalue weighted by atomic mass is 10.0. The minimum absolute atomic E-state index is 0.00354. The van der Waals surface area contributed by atoms with Gasteiger partial charge >= 0.3 is 5.97 Å². The molecule has 0 aliphatic rings. The first-order chi connectivity index (χ1) is 13.2. The van der Waals surface area contributed by atoms with Gasteiger partial charge in [-0.3, -0.25) is 9.59 Å². The molecule has 0 saturated heterocycles. The molecule has 3 rings (SSSR count). The lowest BCUT2D eigenvalue weighted by Crippen LogP contribution is -2.16. The minimum atomic E-state index is -0.310. The zero-order valence-corrected chi connectivity index (χ0v) is 17.9. The molecule has 2 heterocycles. The molecule has 3 aromatic rings. The summed E-state index contributed by atoms with van der Waals surface area (Å²) in [5.74, 6) is 0.495. The van der Waals surface area contributed by atoms with Crippen LogP contribution in [-0.4, -0.2) is 11.0 Å². The van der Waals surface area contributed by atoms with Crippen molar-refractivity contribution >= 4 is 28.3 Å². The number of nitrogens with zero attached hydrogens (tertiary/aromatic N) is 1. The van der Waals surface area contributed by atoms with Gasteiger partial charge in [0.05, 0.1) is 16.9 Å². The normalized spacial score (nSPS) is 11.6. The topological polar surface area (TPSA) is 69.4 Å². The van der Waals surface area contributed by atoms with E-state index >= 15 is 0 Å². The van der Waals surface area contributed by atoms with Gasteiger partial charge in [-0.2, -0.15) is 0 Å². The van der Waals surface area contributed by atoms with Crippen LogP contribution < -0.4 is 10.2 Å². The summed E-state index contributed by atoms with van der Waals surface area (Å²) in [5, 5.41) is 3.08. The highest BCUT2D eigenvalue weighted by atomic mass is 32.1. The monoisotopic (exact) mass is 399 g/mol. The van der Waals surface area contributed by atoms with Gasteiger partial charge in [0.1, 0.15) is 22.1 Å². The predicted octanol–water partition coefficient (Wildman–Crippen LogP) is 5.47. The molecule has 0 atom stereocenters. The maximum absolute atomic E-state index is 13.4. The second kappa shape index (κ2) is 7.87. The number of ether oxygens (including phenoxy) is 1. The van der Waals surface area contributed by atoms with Gasteiger partial charge < -0.3 is 9.15 Å². The smallest absolute Gasteiger partial charge is 0.313 e. The van der Waals surface area contributed by atoms with Crippen molar-refractivity contribution in [2.45, 2.75) is 53.9 Å². The summed E-state index contributed by atoms with van der Waals surface area (Å²) in [6.45, 7) is 11.4. The number of aryl methyl sites for hydroxylation is 2. The van der Waals surface area contributed by atoms with E-state index in [4.69, 9.17) is 9.15 Å². The Morgan fingerprint density at radius 3 is 2.50 bits per heavy atom. The second-order valence-electron chi connectivity index (χ2n) is 7.50. The lowest BCUT2D eigenvalue weighted by Gasteiger charge is -2.14. The Labute approximate surface area is 168 Å². The van der Waals surface area contributed by atoms with Crippen LogP contribution in [-0.2, 0) is 11.2 Å². The largest absolute Gasteiger partial charge is 0.460 e. The lowest BCUT2D eigenvalue weighted by molar-refractivity contribution is -0.137. The van der Waals surface area contributed by atoms with Crippen LogP contribution in [0, 0.1) is 12.8 Å². The molecule has 0 bridgehead atoms. The van der Waals surface area contributed by atoms with E-state index in [0.29, 0.717) is 39.5 Å². The highest BCUT2D eigenvalue weighted by molar-refractivity contribution is 7.13. The van der Waals surface area contributed by atoms with Gasteiger partial charge in [-0.05, 0) is 25.0 Å². The van der Waals surface area contributed by atoms with Crippen LogP contribution in [0.15, 0.2) is 26.7 Å².